The molecule has 0 amide bonds. The van der Waals surface area contributed by atoms with E-state index in [1.54, 1.807) is 11.4 Å². The molecule has 0 radical (unpaired) electrons. The van der Waals surface area contributed by atoms with Gasteiger partial charge < -0.3 is 10.0 Å². The van der Waals surface area contributed by atoms with E-state index in [9.17, 15) is 0 Å². The van der Waals surface area contributed by atoms with Crippen molar-refractivity contribution in [2.24, 2.45) is 0 Å². The van der Waals surface area contributed by atoms with E-state index >= 15 is 0 Å². The number of halogens is 2. The van der Waals surface area contributed by atoms with Crippen LogP contribution in [0.5, 0.6) is 0 Å². The number of hydrogen-bond acceptors (Lipinski definition) is 3. The molecule has 72 valence electrons. The van der Waals surface area contributed by atoms with E-state index in [0.29, 0.717) is 10.5 Å². The third-order valence-corrected chi connectivity index (χ3v) is 3.84. The third-order valence-electron chi connectivity index (χ3n) is 1.90. The van der Waals surface area contributed by atoms with Gasteiger partial charge in [-0.25, -0.2) is 0 Å². The molecule has 0 bridgehead atoms. The quantitative estimate of drug-likeness (QED) is 0.789. The molecule has 14 heavy (non-hydrogen) atoms. The molecule has 0 aliphatic carbocycles. The van der Waals surface area contributed by atoms with Crippen molar-refractivity contribution in [3.8, 4) is 0 Å². The molecule has 1 aromatic carbocycles. The molecule has 2 nitrogen and oxygen atoms in total. The molecule has 0 aliphatic rings. The maximum absolute atomic E-state index is 9.15. The van der Waals surface area contributed by atoms with Crippen molar-refractivity contribution in [1.29, 1.82) is 0 Å². The first-order valence-corrected chi connectivity index (χ1v) is 5.87. The second-order valence-electron chi connectivity index (χ2n) is 2.83. The molecule has 0 saturated carbocycles. The Hall–Kier alpha value is -0.0651. The van der Waals surface area contributed by atoms with Gasteiger partial charge in [0, 0.05) is 25.4 Å². The van der Waals surface area contributed by atoms with Crippen LogP contribution in [0.2, 0.25) is 5.02 Å². The average molecular weight is 291 g/mol. The number of hydrogen-bond donors (Lipinski definition) is 2. The zero-order valence-corrected chi connectivity index (χ0v) is 10.0. The van der Waals surface area contributed by atoms with E-state index in [-0.39, 0.29) is 0 Å². The van der Waals surface area contributed by atoms with Gasteiger partial charge in [0.2, 0.25) is 0 Å². The Bertz CT molecular complexity index is 485. The second kappa shape index (κ2) is 3.83. The summed E-state index contributed by atoms with van der Waals surface area (Å²) in [6.45, 7) is 0. The predicted octanol–water partition coefficient (Wildman–Crippen LogP) is 2.00. The van der Waals surface area contributed by atoms with Crippen LogP contribution in [0.1, 0.15) is 0 Å². The Morgan fingerprint density at radius 3 is 2.71 bits per heavy atom. The third kappa shape index (κ3) is 1.70. The first-order valence-electron chi connectivity index (χ1n) is 3.82. The molecule has 0 unspecified atom stereocenters. The second-order valence-corrected chi connectivity index (χ2v) is 5.03. The van der Waals surface area contributed by atoms with Crippen LogP contribution >= 0.6 is 38.9 Å². The predicted molar refractivity (Wildman–Crippen MR) is 64.4 cm³/mol. The lowest BCUT2D eigenvalue weighted by molar-refractivity contribution is 0.426. The minimum Gasteiger partial charge on any atom is -0.423 e. The SMILES string of the molecule is OB(O)c1cc(Br)cc2c(Cl)csc12. The van der Waals surface area contributed by atoms with E-state index in [0.717, 1.165) is 14.6 Å². The van der Waals surface area contributed by atoms with Crippen molar-refractivity contribution in [1.82, 2.24) is 0 Å². The summed E-state index contributed by atoms with van der Waals surface area (Å²) in [4.78, 5) is 0. The molecule has 2 N–H and O–H groups in total. The van der Waals surface area contributed by atoms with Crippen LogP contribution in [0.15, 0.2) is 22.0 Å². The maximum atomic E-state index is 9.15. The Labute approximate surface area is 98.4 Å². The van der Waals surface area contributed by atoms with Crippen molar-refractivity contribution in [2.75, 3.05) is 0 Å². The van der Waals surface area contributed by atoms with E-state index in [4.69, 9.17) is 21.6 Å². The van der Waals surface area contributed by atoms with Gasteiger partial charge in [-0.2, -0.15) is 0 Å². The first kappa shape index (κ1) is 10.5. The summed E-state index contributed by atoms with van der Waals surface area (Å²) in [7, 11) is -1.47. The Kier molecular flexibility index (Phi) is 2.86. The highest BCUT2D eigenvalue weighted by Crippen LogP contribution is 2.30. The highest BCUT2D eigenvalue weighted by atomic mass is 79.9. The summed E-state index contributed by atoms with van der Waals surface area (Å²) >= 11 is 10.6. The Morgan fingerprint density at radius 1 is 1.36 bits per heavy atom. The van der Waals surface area contributed by atoms with Crippen molar-refractivity contribution in [3.05, 3.63) is 27.0 Å². The van der Waals surface area contributed by atoms with Gasteiger partial charge in [-0.1, -0.05) is 27.5 Å². The van der Waals surface area contributed by atoms with Gasteiger partial charge in [0.05, 0.1) is 5.02 Å². The van der Waals surface area contributed by atoms with Gasteiger partial charge in [0.15, 0.2) is 0 Å². The fourth-order valence-corrected chi connectivity index (χ4v) is 3.05. The minimum absolute atomic E-state index is 0.478. The molecule has 0 spiro atoms. The van der Waals surface area contributed by atoms with Crippen molar-refractivity contribution < 1.29 is 10.0 Å². The molecule has 0 aliphatic heterocycles. The number of fused-ring (bicyclic) bond motifs is 1. The monoisotopic (exact) mass is 290 g/mol. The lowest BCUT2D eigenvalue weighted by Gasteiger charge is -2.02. The summed E-state index contributed by atoms with van der Waals surface area (Å²) < 4.78 is 1.60. The highest BCUT2D eigenvalue weighted by molar-refractivity contribution is 9.10. The van der Waals surface area contributed by atoms with E-state index in [1.165, 1.54) is 11.3 Å². The summed E-state index contributed by atoms with van der Waals surface area (Å²) in [6.07, 6.45) is 0. The van der Waals surface area contributed by atoms with Crippen molar-refractivity contribution in [3.63, 3.8) is 0 Å². The molecule has 2 aromatic rings. The topological polar surface area (TPSA) is 40.5 Å². The number of thiophene rings is 1. The minimum atomic E-state index is -1.47. The fraction of sp³-hybridized carbons (Fsp3) is 0. The lowest BCUT2D eigenvalue weighted by Crippen LogP contribution is -2.29. The van der Waals surface area contributed by atoms with Crippen LogP contribution < -0.4 is 5.46 Å². The molecule has 2 rings (SSSR count). The van der Waals surface area contributed by atoms with Gasteiger partial charge in [-0.15, -0.1) is 11.3 Å². The highest BCUT2D eigenvalue weighted by Gasteiger charge is 2.17. The van der Waals surface area contributed by atoms with Crippen molar-refractivity contribution in [2.45, 2.75) is 0 Å². The zero-order valence-electron chi connectivity index (χ0n) is 6.87. The summed E-state index contributed by atoms with van der Waals surface area (Å²) in [6, 6.07) is 3.54. The van der Waals surface area contributed by atoms with Crippen LogP contribution in [-0.2, 0) is 0 Å². The van der Waals surface area contributed by atoms with Crippen LogP contribution in [0, 0.1) is 0 Å². The van der Waals surface area contributed by atoms with E-state index in [2.05, 4.69) is 15.9 Å². The normalized spacial score (nSPS) is 10.9. The van der Waals surface area contributed by atoms with Gasteiger partial charge in [-0.05, 0) is 12.1 Å². The molecule has 0 saturated heterocycles. The first-order chi connectivity index (χ1) is 6.59. The van der Waals surface area contributed by atoms with Gasteiger partial charge in [0.1, 0.15) is 0 Å². The maximum Gasteiger partial charge on any atom is 0.489 e. The Morgan fingerprint density at radius 2 is 2.07 bits per heavy atom. The number of rotatable bonds is 1. The van der Waals surface area contributed by atoms with E-state index < -0.39 is 7.12 Å². The molecule has 0 fully saturated rings. The van der Waals surface area contributed by atoms with Gasteiger partial charge in [0.25, 0.3) is 0 Å². The lowest BCUT2D eigenvalue weighted by atomic mass is 9.80. The molecule has 1 aromatic heterocycles. The van der Waals surface area contributed by atoms with Gasteiger partial charge >= 0.3 is 7.12 Å². The molecular weight excluding hydrogens is 286 g/mol. The number of benzene rings is 1. The summed E-state index contributed by atoms with van der Waals surface area (Å²) in [5.74, 6) is 0. The smallest absolute Gasteiger partial charge is 0.423 e. The molecule has 0 atom stereocenters. The molecule has 1 heterocycles. The average Bonchev–Trinajstić information content (AvgIpc) is 2.47. The largest absolute Gasteiger partial charge is 0.489 e. The summed E-state index contributed by atoms with van der Waals surface area (Å²) in [5, 5.41) is 21.6. The van der Waals surface area contributed by atoms with Crippen molar-refractivity contribution >= 4 is 61.5 Å². The van der Waals surface area contributed by atoms with Crippen LogP contribution in [-0.4, -0.2) is 17.2 Å². The standard InChI is InChI=1S/C8H5BBrClO2S/c10-4-1-5-7(11)3-14-8(5)6(2-4)9(12)13/h1-3,12-13H. The van der Waals surface area contributed by atoms with Crippen LogP contribution in [0.3, 0.4) is 0 Å². The Balaban J connectivity index is 2.82. The fourth-order valence-electron chi connectivity index (χ4n) is 1.29. The van der Waals surface area contributed by atoms with Crippen LogP contribution in [0.4, 0.5) is 0 Å². The molecule has 6 heteroatoms. The zero-order chi connectivity index (χ0) is 10.3. The van der Waals surface area contributed by atoms with Crippen LogP contribution in [0.25, 0.3) is 10.1 Å². The van der Waals surface area contributed by atoms with Gasteiger partial charge in [-0.3, -0.25) is 0 Å². The van der Waals surface area contributed by atoms with E-state index in [1.807, 2.05) is 6.07 Å². The molecular formula is C8H5BBrClO2S. The summed E-state index contributed by atoms with van der Waals surface area (Å²) in [5.41, 5.74) is 0.478.